The van der Waals surface area contributed by atoms with Gasteiger partial charge in [-0.25, -0.2) is 0 Å². The van der Waals surface area contributed by atoms with E-state index < -0.39 is 5.97 Å². The quantitative estimate of drug-likeness (QED) is 0.373. The van der Waals surface area contributed by atoms with Crippen molar-refractivity contribution in [1.82, 2.24) is 9.78 Å². The van der Waals surface area contributed by atoms with E-state index in [0.717, 1.165) is 39.2 Å². The summed E-state index contributed by atoms with van der Waals surface area (Å²) in [6.07, 6.45) is 0. The lowest BCUT2D eigenvalue weighted by molar-refractivity contribution is -0.132. The van der Waals surface area contributed by atoms with Crippen molar-refractivity contribution < 1.29 is 9.53 Å². The van der Waals surface area contributed by atoms with Crippen molar-refractivity contribution in [2.45, 2.75) is 20.8 Å². The zero-order valence-corrected chi connectivity index (χ0v) is 17.2. The number of hydrogen-bond acceptors (Lipinski definition) is 4. The first-order valence-electron chi connectivity index (χ1n) is 9.74. The van der Waals surface area contributed by atoms with Crippen LogP contribution in [0.2, 0.25) is 0 Å². The minimum absolute atomic E-state index is 0.382. The van der Waals surface area contributed by atoms with Gasteiger partial charge < -0.3 is 10.5 Å². The van der Waals surface area contributed by atoms with Crippen molar-refractivity contribution in [3.05, 3.63) is 83.9 Å². The molecule has 150 valence electrons. The molecule has 0 saturated heterocycles. The summed E-state index contributed by atoms with van der Waals surface area (Å²) in [5, 5.41) is 4.88. The highest BCUT2D eigenvalue weighted by Gasteiger charge is 2.24. The van der Waals surface area contributed by atoms with Crippen molar-refractivity contribution in [3.63, 3.8) is 0 Å². The average Bonchev–Trinajstić information content (AvgIpc) is 3.08. The van der Waals surface area contributed by atoms with Crippen molar-refractivity contribution >= 4 is 11.7 Å². The van der Waals surface area contributed by atoms with Gasteiger partial charge in [-0.15, -0.1) is 0 Å². The maximum atomic E-state index is 12.0. The summed E-state index contributed by atoms with van der Waals surface area (Å²) in [5.41, 5.74) is 12.9. The zero-order chi connectivity index (χ0) is 21.3. The van der Waals surface area contributed by atoms with Gasteiger partial charge in [-0.3, -0.25) is 4.79 Å². The number of ether oxygens (including phenoxy) is 1. The van der Waals surface area contributed by atoms with Crippen LogP contribution < -0.4 is 10.5 Å². The van der Waals surface area contributed by atoms with E-state index in [1.54, 1.807) is 4.68 Å². The van der Waals surface area contributed by atoms with E-state index in [9.17, 15) is 4.79 Å². The van der Waals surface area contributed by atoms with Crippen LogP contribution in [-0.4, -0.2) is 15.7 Å². The molecule has 4 aromatic rings. The summed E-state index contributed by atoms with van der Waals surface area (Å²) in [4.78, 5) is 12.0. The second-order valence-corrected chi connectivity index (χ2v) is 7.36. The average molecular weight is 397 g/mol. The molecule has 1 aromatic heterocycles. The Morgan fingerprint density at radius 2 is 1.60 bits per heavy atom. The molecule has 0 atom stereocenters. The summed E-state index contributed by atoms with van der Waals surface area (Å²) in [6, 6.07) is 23.5. The van der Waals surface area contributed by atoms with E-state index in [2.05, 4.69) is 6.07 Å². The van der Waals surface area contributed by atoms with E-state index in [-0.39, 0.29) is 0 Å². The minimum atomic E-state index is -0.407. The molecule has 30 heavy (non-hydrogen) atoms. The third-order valence-electron chi connectivity index (χ3n) is 4.85. The fourth-order valence-corrected chi connectivity index (χ4v) is 3.40. The molecule has 0 unspecified atom stereocenters. The van der Waals surface area contributed by atoms with Crippen LogP contribution in [0.25, 0.3) is 28.1 Å². The highest BCUT2D eigenvalue weighted by Crippen LogP contribution is 2.41. The predicted molar refractivity (Wildman–Crippen MR) is 120 cm³/mol. The van der Waals surface area contributed by atoms with Crippen LogP contribution >= 0.6 is 0 Å². The van der Waals surface area contributed by atoms with Crippen molar-refractivity contribution in [2.75, 3.05) is 5.73 Å². The highest BCUT2D eigenvalue weighted by atomic mass is 16.5. The second kappa shape index (κ2) is 7.87. The Labute approximate surface area is 175 Å². The Bertz CT molecular complexity index is 1210. The summed E-state index contributed by atoms with van der Waals surface area (Å²) < 4.78 is 7.39. The van der Waals surface area contributed by atoms with Gasteiger partial charge in [0.25, 0.3) is 0 Å². The van der Waals surface area contributed by atoms with E-state index >= 15 is 0 Å². The number of rotatable bonds is 4. The number of nitrogens with zero attached hydrogens (tertiary/aromatic N) is 2. The van der Waals surface area contributed by atoms with E-state index in [0.29, 0.717) is 11.6 Å². The summed E-state index contributed by atoms with van der Waals surface area (Å²) in [6.45, 7) is 5.46. The maximum Gasteiger partial charge on any atom is 0.309 e. The largest absolute Gasteiger partial charge is 0.407 e. The van der Waals surface area contributed by atoms with Crippen LogP contribution in [-0.2, 0) is 4.79 Å². The Kier molecular flexibility index (Phi) is 5.11. The van der Waals surface area contributed by atoms with Crippen LogP contribution in [0.4, 0.5) is 5.69 Å². The monoisotopic (exact) mass is 397 g/mol. The Hall–Kier alpha value is -3.86. The molecule has 3 aromatic carbocycles. The normalized spacial score (nSPS) is 10.8. The standard InChI is InChI=1S/C25H23N3O2/c1-16-7-13-22(14-8-16)28-25(30-18(3)29)23(19-9-11-21(26)12-10-19)24(27-28)20-6-4-5-17(2)15-20/h4-15H,26H2,1-3H3. The molecule has 5 nitrogen and oxygen atoms in total. The smallest absolute Gasteiger partial charge is 0.309 e. The molecule has 0 fully saturated rings. The first-order chi connectivity index (χ1) is 14.4. The fraction of sp³-hybridized carbons (Fsp3) is 0.120. The van der Waals surface area contributed by atoms with Crippen LogP contribution in [0.15, 0.2) is 72.8 Å². The lowest BCUT2D eigenvalue weighted by atomic mass is 10.00. The van der Waals surface area contributed by atoms with Gasteiger partial charge in [0.15, 0.2) is 0 Å². The number of hydrogen-bond donors (Lipinski definition) is 1. The lowest BCUT2D eigenvalue weighted by Gasteiger charge is -2.10. The molecular formula is C25H23N3O2. The molecule has 4 rings (SSSR count). The van der Waals surface area contributed by atoms with Gasteiger partial charge in [0.05, 0.1) is 11.3 Å². The molecule has 1 heterocycles. The number of nitrogens with two attached hydrogens (primary N) is 1. The van der Waals surface area contributed by atoms with Crippen LogP contribution in [0, 0.1) is 13.8 Å². The first kappa shape index (κ1) is 19.5. The molecule has 2 N–H and O–H groups in total. The number of benzene rings is 3. The molecule has 0 spiro atoms. The van der Waals surface area contributed by atoms with E-state index in [4.69, 9.17) is 15.6 Å². The summed E-state index contributed by atoms with van der Waals surface area (Å²) in [5.74, 6) is -0.0246. The van der Waals surface area contributed by atoms with Crippen LogP contribution in [0.5, 0.6) is 5.88 Å². The molecule has 5 heteroatoms. The van der Waals surface area contributed by atoms with Gasteiger partial charge in [0.2, 0.25) is 5.88 Å². The number of carbonyl (C=O) groups is 1. The third-order valence-corrected chi connectivity index (χ3v) is 4.85. The molecule has 0 radical (unpaired) electrons. The van der Waals surface area contributed by atoms with Gasteiger partial charge in [-0.1, -0.05) is 53.6 Å². The summed E-state index contributed by atoms with van der Waals surface area (Å²) >= 11 is 0. The number of aromatic nitrogens is 2. The Balaban J connectivity index is 2.04. The lowest BCUT2D eigenvalue weighted by Crippen LogP contribution is -2.08. The van der Waals surface area contributed by atoms with Gasteiger partial charge in [0.1, 0.15) is 5.69 Å². The second-order valence-electron chi connectivity index (χ2n) is 7.36. The molecule has 0 aliphatic carbocycles. The third kappa shape index (κ3) is 3.82. The van der Waals surface area contributed by atoms with Crippen molar-refractivity contribution in [3.8, 4) is 34.0 Å². The SMILES string of the molecule is CC(=O)Oc1c(-c2ccc(N)cc2)c(-c2cccc(C)c2)nn1-c1ccc(C)cc1. The molecule has 0 saturated carbocycles. The Morgan fingerprint density at radius 1 is 0.900 bits per heavy atom. The van der Waals surface area contributed by atoms with Gasteiger partial charge in [-0.05, 0) is 49.7 Å². The molecule has 0 aliphatic rings. The Morgan fingerprint density at radius 3 is 2.23 bits per heavy atom. The zero-order valence-electron chi connectivity index (χ0n) is 17.2. The number of aryl methyl sites for hydroxylation is 2. The van der Waals surface area contributed by atoms with Gasteiger partial charge in [-0.2, -0.15) is 9.78 Å². The van der Waals surface area contributed by atoms with E-state index in [1.165, 1.54) is 6.92 Å². The summed E-state index contributed by atoms with van der Waals surface area (Å²) in [7, 11) is 0. The number of nitrogen functional groups attached to an aromatic ring is 1. The molecule has 0 aliphatic heterocycles. The van der Waals surface area contributed by atoms with Gasteiger partial charge in [0, 0.05) is 18.2 Å². The van der Waals surface area contributed by atoms with E-state index in [1.807, 2.05) is 80.6 Å². The maximum absolute atomic E-state index is 12.0. The highest BCUT2D eigenvalue weighted by molar-refractivity contribution is 5.87. The molecule has 0 bridgehead atoms. The molecule has 0 amide bonds. The number of esters is 1. The number of anilines is 1. The first-order valence-corrected chi connectivity index (χ1v) is 9.74. The minimum Gasteiger partial charge on any atom is -0.407 e. The fourth-order valence-electron chi connectivity index (χ4n) is 3.40. The van der Waals surface area contributed by atoms with Crippen LogP contribution in [0.1, 0.15) is 18.1 Å². The topological polar surface area (TPSA) is 70.1 Å². The van der Waals surface area contributed by atoms with Gasteiger partial charge >= 0.3 is 5.97 Å². The number of carbonyl (C=O) groups excluding carboxylic acids is 1. The van der Waals surface area contributed by atoms with Crippen LogP contribution in [0.3, 0.4) is 0 Å². The molecular weight excluding hydrogens is 374 g/mol. The van der Waals surface area contributed by atoms with Crippen molar-refractivity contribution in [2.24, 2.45) is 0 Å². The predicted octanol–water partition coefficient (Wildman–Crippen LogP) is 5.33. The van der Waals surface area contributed by atoms with Crippen molar-refractivity contribution in [1.29, 1.82) is 0 Å².